The van der Waals surface area contributed by atoms with E-state index in [0.29, 0.717) is 0 Å². The fourth-order valence-electron chi connectivity index (χ4n) is 6.77. The Morgan fingerprint density at radius 1 is 0.400 bits per heavy atom. The van der Waals surface area contributed by atoms with E-state index in [0.717, 1.165) is 33.5 Å². The van der Waals surface area contributed by atoms with Crippen LogP contribution in [-0.4, -0.2) is 9.38 Å². The molecular weight excluding hydrogens is 731 g/mol. The Labute approximate surface area is 275 Å². The second kappa shape index (κ2) is 11.1. The van der Waals surface area contributed by atoms with Crippen molar-refractivity contribution in [2.75, 3.05) is 0 Å². The van der Waals surface area contributed by atoms with E-state index in [4.69, 9.17) is 4.98 Å². The molecule has 0 spiro atoms. The zero-order valence-corrected chi connectivity index (χ0v) is 26.3. The van der Waals surface area contributed by atoms with E-state index in [-0.39, 0.29) is 22.4 Å². The van der Waals surface area contributed by atoms with Gasteiger partial charge in [-0.05, 0) is 22.9 Å². The van der Waals surface area contributed by atoms with Crippen LogP contribution in [0.5, 0.6) is 0 Å². The molecule has 0 atom stereocenters. The van der Waals surface area contributed by atoms with Crippen molar-refractivity contribution in [2.45, 2.75) is 0 Å². The Balaban J connectivity index is 0.000000180. The van der Waals surface area contributed by atoms with Crippen LogP contribution >= 0.6 is 0 Å². The molecule has 0 aliphatic heterocycles. The molecule has 216 valence electrons. The summed E-state index contributed by atoms with van der Waals surface area (Å²) in [6.45, 7) is 0. The Morgan fingerprint density at radius 3 is 1.24 bits per heavy atom. The molecule has 10 rings (SSSR count). The minimum absolute atomic E-state index is 0. The van der Waals surface area contributed by atoms with Crippen LogP contribution in [0.2, 0.25) is 0 Å². The van der Waals surface area contributed by atoms with Crippen LogP contribution in [0, 0.1) is 0 Å². The molecule has 45 heavy (non-hydrogen) atoms. The molecule has 0 saturated heterocycles. The van der Waals surface area contributed by atoms with Gasteiger partial charge in [-0.3, -0.25) is 0 Å². The van der Waals surface area contributed by atoms with E-state index in [2.05, 4.69) is 155 Å². The first kappa shape index (κ1) is 27.4. The quantitative estimate of drug-likeness (QED) is 0.165. The first-order chi connectivity index (χ1) is 21.9. The van der Waals surface area contributed by atoms with E-state index in [9.17, 15) is 0 Å². The molecule has 0 aliphatic carbocycles. The normalized spacial score (nSPS) is 11.4. The maximum atomic E-state index is 5.35. The van der Waals surface area contributed by atoms with Gasteiger partial charge in [0.2, 0.25) is 0 Å². The Morgan fingerprint density at radius 2 is 0.778 bits per heavy atom. The number of hydrogen-bond acceptors (Lipinski definition) is 1. The second-order valence-electron chi connectivity index (χ2n) is 11.2. The molecule has 0 fully saturated rings. The smallest absolute Gasteiger partial charge is 0.657 e. The van der Waals surface area contributed by atoms with Gasteiger partial charge < -0.3 is 9.38 Å². The van der Waals surface area contributed by atoms with Crippen molar-refractivity contribution < 1.29 is 22.4 Å². The average molecular weight is 758 g/mol. The molecule has 4 heteroatoms. The summed E-state index contributed by atoms with van der Waals surface area (Å²) < 4.78 is 2.43. The standard InChI is InChI=1S/C29H18N2.C12H8N.Au/c1-3-11-19(12-4-1)27-25-21-15-7-9-17-23(21)31-24-18-10-8-16-22(24)26(29(25)31)28(30-27)20-13-5-2-6-14-20;1-3-7-11-9(5-1)10-6-2-4-8-12(10)13-11;/h1-18H;1-8H;/q;-1;+1. The van der Waals surface area contributed by atoms with Crippen LogP contribution in [0.4, 0.5) is 0 Å². The van der Waals surface area contributed by atoms with Gasteiger partial charge in [-0.2, -0.15) is 0 Å². The predicted octanol–water partition coefficient (Wildman–Crippen LogP) is 10.5. The number of para-hydroxylation sites is 4. The number of rotatable bonds is 2. The maximum absolute atomic E-state index is 5.35. The summed E-state index contributed by atoms with van der Waals surface area (Å²) in [6.07, 6.45) is 0. The Kier molecular flexibility index (Phi) is 6.73. The molecule has 6 aromatic carbocycles. The number of pyridine rings is 1. The first-order valence-electron chi connectivity index (χ1n) is 14.9. The van der Waals surface area contributed by atoms with E-state index in [1.807, 2.05) is 12.1 Å². The molecule has 0 N–H and O–H groups in total. The number of aromatic nitrogens is 3. The molecule has 4 aromatic heterocycles. The summed E-state index contributed by atoms with van der Waals surface area (Å²) in [5, 5.41) is 7.45. The van der Waals surface area contributed by atoms with Crippen LogP contribution < -0.4 is 4.98 Å². The van der Waals surface area contributed by atoms with Crippen LogP contribution in [-0.2, 0) is 22.4 Å². The average Bonchev–Trinajstić information content (AvgIpc) is 3.76. The minimum atomic E-state index is 0. The van der Waals surface area contributed by atoms with Gasteiger partial charge >= 0.3 is 22.4 Å². The number of fused-ring (bicyclic) bond motifs is 9. The van der Waals surface area contributed by atoms with Crippen LogP contribution in [0.3, 0.4) is 0 Å². The van der Waals surface area contributed by atoms with Gasteiger partial charge in [0.05, 0.1) is 27.9 Å². The molecule has 0 aliphatic rings. The largest absolute Gasteiger partial charge is 1.00 e. The van der Waals surface area contributed by atoms with Crippen molar-refractivity contribution in [3.63, 3.8) is 0 Å². The van der Waals surface area contributed by atoms with Gasteiger partial charge in [0.15, 0.2) is 0 Å². The van der Waals surface area contributed by atoms with Crippen molar-refractivity contribution in [3.8, 4) is 22.5 Å². The Hall–Kier alpha value is -5.19. The maximum Gasteiger partial charge on any atom is 1.00 e. The second-order valence-corrected chi connectivity index (χ2v) is 11.2. The van der Waals surface area contributed by atoms with E-state index in [1.54, 1.807) is 0 Å². The van der Waals surface area contributed by atoms with Crippen molar-refractivity contribution in [1.29, 1.82) is 0 Å². The monoisotopic (exact) mass is 757 g/mol. The summed E-state index contributed by atoms with van der Waals surface area (Å²) in [6, 6.07) is 55.0. The number of nitrogens with zero attached hydrogens (tertiary/aromatic N) is 3. The van der Waals surface area contributed by atoms with Crippen LogP contribution in [0.1, 0.15) is 0 Å². The molecule has 0 bridgehead atoms. The van der Waals surface area contributed by atoms with E-state index < -0.39 is 0 Å². The van der Waals surface area contributed by atoms with E-state index in [1.165, 1.54) is 48.9 Å². The third-order valence-electron chi connectivity index (χ3n) is 8.66. The van der Waals surface area contributed by atoms with Crippen molar-refractivity contribution in [3.05, 3.63) is 158 Å². The van der Waals surface area contributed by atoms with Crippen molar-refractivity contribution in [2.24, 2.45) is 0 Å². The molecular formula is C41H26AuN3. The number of hydrogen-bond donors (Lipinski definition) is 0. The summed E-state index contributed by atoms with van der Waals surface area (Å²) in [5.74, 6) is 0. The fraction of sp³-hybridized carbons (Fsp3) is 0. The Bertz CT molecular complexity index is 2420. The summed E-state index contributed by atoms with van der Waals surface area (Å²) >= 11 is 0. The molecule has 0 amide bonds. The summed E-state index contributed by atoms with van der Waals surface area (Å²) in [7, 11) is 0. The topological polar surface area (TPSA) is 31.4 Å². The molecule has 4 heterocycles. The molecule has 0 unspecified atom stereocenters. The van der Waals surface area contributed by atoms with Gasteiger partial charge in [-0.25, -0.2) is 4.98 Å². The van der Waals surface area contributed by atoms with Crippen molar-refractivity contribution >= 4 is 59.9 Å². The molecule has 10 aromatic rings. The zero-order chi connectivity index (χ0) is 29.0. The summed E-state index contributed by atoms with van der Waals surface area (Å²) in [4.78, 5) is 9.87. The minimum Gasteiger partial charge on any atom is -0.657 e. The third-order valence-corrected chi connectivity index (χ3v) is 8.66. The third kappa shape index (κ3) is 4.28. The molecule has 3 nitrogen and oxygen atoms in total. The SMILES string of the molecule is [Au+].c1ccc(-c2nc(-c3ccccc3)c3c4ccccc4n4c5ccccc5c2c34)cc1.c1ccc2c(c1)[n-]c1ccccc12. The van der Waals surface area contributed by atoms with Gasteiger partial charge in [-0.15, -0.1) is 11.0 Å². The van der Waals surface area contributed by atoms with Gasteiger partial charge in [0.25, 0.3) is 0 Å². The zero-order valence-electron chi connectivity index (χ0n) is 24.2. The molecule has 0 saturated carbocycles. The number of benzene rings is 6. The van der Waals surface area contributed by atoms with Crippen LogP contribution in [0.25, 0.3) is 82.4 Å². The van der Waals surface area contributed by atoms with Gasteiger partial charge in [0.1, 0.15) is 0 Å². The fourth-order valence-corrected chi connectivity index (χ4v) is 6.77. The van der Waals surface area contributed by atoms with Crippen LogP contribution in [0.15, 0.2) is 158 Å². The van der Waals surface area contributed by atoms with Crippen molar-refractivity contribution in [1.82, 2.24) is 14.4 Å². The summed E-state index contributed by atoms with van der Waals surface area (Å²) in [5.41, 5.74) is 10.3. The molecule has 0 radical (unpaired) electrons. The van der Waals surface area contributed by atoms with E-state index >= 15 is 0 Å². The predicted molar refractivity (Wildman–Crippen MR) is 185 cm³/mol. The van der Waals surface area contributed by atoms with Gasteiger partial charge in [0, 0.05) is 32.7 Å². The van der Waals surface area contributed by atoms with Gasteiger partial charge in [-0.1, -0.05) is 146 Å². The first-order valence-corrected chi connectivity index (χ1v) is 14.9.